The first-order valence-electron chi connectivity index (χ1n) is 5.25. The quantitative estimate of drug-likeness (QED) is 0.707. The summed E-state index contributed by atoms with van der Waals surface area (Å²) < 4.78 is 0. The van der Waals surface area contributed by atoms with Crippen LogP contribution >= 0.6 is 0 Å². The number of rotatable bonds is 6. The third-order valence-electron chi connectivity index (χ3n) is 2.38. The Balaban J connectivity index is 2.22. The van der Waals surface area contributed by atoms with Crippen molar-refractivity contribution in [3.63, 3.8) is 0 Å². The Bertz CT molecular complexity index is 298. The molecule has 1 aromatic rings. The summed E-state index contributed by atoms with van der Waals surface area (Å²) in [6, 6.07) is 4.05. The number of pyridine rings is 1. The van der Waals surface area contributed by atoms with E-state index in [-0.39, 0.29) is 5.78 Å². The van der Waals surface area contributed by atoms with E-state index in [0.717, 1.165) is 19.5 Å². The average molecular weight is 206 g/mol. The second kappa shape index (κ2) is 6.30. The zero-order chi connectivity index (χ0) is 11.1. The maximum Gasteiger partial charge on any atom is 0.131 e. The minimum atomic E-state index is 0.255. The third kappa shape index (κ3) is 5.27. The molecule has 0 N–H and O–H groups in total. The van der Waals surface area contributed by atoms with Gasteiger partial charge in [0.25, 0.3) is 0 Å². The van der Waals surface area contributed by atoms with E-state index in [1.807, 2.05) is 31.6 Å². The first-order valence-corrected chi connectivity index (χ1v) is 5.25. The van der Waals surface area contributed by atoms with Crippen LogP contribution in [-0.2, 0) is 11.2 Å². The number of nitrogens with zero attached hydrogens (tertiary/aromatic N) is 2. The molecule has 3 heteroatoms. The molecule has 1 heterocycles. The normalized spacial score (nSPS) is 10.6. The molecule has 0 aliphatic rings. The van der Waals surface area contributed by atoms with Crippen LogP contribution in [0.3, 0.4) is 0 Å². The van der Waals surface area contributed by atoms with Gasteiger partial charge in [0.15, 0.2) is 0 Å². The Labute approximate surface area is 91.1 Å². The lowest BCUT2D eigenvalue weighted by atomic mass is 10.2. The molecule has 1 rings (SSSR count). The third-order valence-corrected chi connectivity index (χ3v) is 2.38. The fourth-order valence-corrected chi connectivity index (χ4v) is 1.33. The molecule has 0 aliphatic heterocycles. The molecule has 3 nitrogen and oxygen atoms in total. The zero-order valence-electron chi connectivity index (χ0n) is 9.44. The molecule has 0 saturated carbocycles. The van der Waals surface area contributed by atoms with E-state index in [1.54, 1.807) is 6.92 Å². The largest absolute Gasteiger partial charge is 0.306 e. The van der Waals surface area contributed by atoms with Crippen molar-refractivity contribution in [2.45, 2.75) is 19.8 Å². The van der Waals surface area contributed by atoms with E-state index in [1.165, 1.54) is 5.56 Å². The molecule has 0 aromatic carbocycles. The Hall–Kier alpha value is -1.22. The molecular formula is C12H18N2O. The smallest absolute Gasteiger partial charge is 0.131 e. The number of Topliss-reactive ketones (excluding diaryl/α,β-unsaturated/α-hetero) is 1. The molecule has 0 radical (unpaired) electrons. The summed E-state index contributed by atoms with van der Waals surface area (Å²) in [5, 5.41) is 0. The van der Waals surface area contributed by atoms with E-state index in [0.29, 0.717) is 6.42 Å². The van der Waals surface area contributed by atoms with Crippen molar-refractivity contribution in [2.24, 2.45) is 0 Å². The maximum absolute atomic E-state index is 10.8. The highest BCUT2D eigenvalue weighted by molar-refractivity contribution is 5.75. The van der Waals surface area contributed by atoms with E-state index in [4.69, 9.17) is 0 Å². The highest BCUT2D eigenvalue weighted by Gasteiger charge is 2.00. The van der Waals surface area contributed by atoms with Crippen molar-refractivity contribution in [3.05, 3.63) is 30.1 Å². The molecule has 1 aromatic heterocycles. The number of likely N-dealkylation sites (N-methyl/N-ethyl adjacent to an activating group) is 1. The van der Waals surface area contributed by atoms with Crippen molar-refractivity contribution < 1.29 is 4.79 Å². The number of carbonyl (C=O) groups excluding carboxylic acids is 1. The summed E-state index contributed by atoms with van der Waals surface area (Å²) in [5.41, 5.74) is 1.29. The van der Waals surface area contributed by atoms with Crippen molar-refractivity contribution >= 4 is 5.78 Å². The number of hydrogen-bond donors (Lipinski definition) is 0. The fraction of sp³-hybridized carbons (Fsp3) is 0.500. The summed E-state index contributed by atoms with van der Waals surface area (Å²) in [7, 11) is 2.05. The van der Waals surface area contributed by atoms with Crippen molar-refractivity contribution in [1.82, 2.24) is 9.88 Å². The molecule has 0 atom stereocenters. The minimum Gasteiger partial charge on any atom is -0.306 e. The lowest BCUT2D eigenvalue weighted by Gasteiger charge is -2.15. The SMILES string of the molecule is CC(=O)CCN(C)CCc1ccncc1. The zero-order valence-corrected chi connectivity index (χ0v) is 9.44. The molecule has 0 amide bonds. The van der Waals surface area contributed by atoms with Gasteiger partial charge in [-0.2, -0.15) is 0 Å². The van der Waals surface area contributed by atoms with E-state index >= 15 is 0 Å². The standard InChI is InChI=1S/C12H18N2O/c1-11(15)5-9-14(2)10-6-12-3-7-13-8-4-12/h3-4,7-8H,5-6,9-10H2,1-2H3. The van der Waals surface area contributed by atoms with Crippen molar-refractivity contribution in [1.29, 1.82) is 0 Å². The molecule has 0 fully saturated rings. The van der Waals surface area contributed by atoms with Gasteiger partial charge >= 0.3 is 0 Å². The lowest BCUT2D eigenvalue weighted by Crippen LogP contribution is -2.23. The van der Waals surface area contributed by atoms with E-state index in [9.17, 15) is 4.79 Å². The van der Waals surface area contributed by atoms with Crippen LogP contribution in [0.25, 0.3) is 0 Å². The Morgan fingerprint density at radius 2 is 2.00 bits per heavy atom. The van der Waals surface area contributed by atoms with E-state index < -0.39 is 0 Å². The molecule has 0 aliphatic carbocycles. The van der Waals surface area contributed by atoms with Gasteiger partial charge < -0.3 is 4.90 Å². The monoisotopic (exact) mass is 206 g/mol. The first kappa shape index (κ1) is 11.9. The van der Waals surface area contributed by atoms with Crippen molar-refractivity contribution in [2.75, 3.05) is 20.1 Å². The summed E-state index contributed by atoms with van der Waals surface area (Å²) in [6.07, 6.45) is 5.28. The van der Waals surface area contributed by atoms with Gasteiger partial charge in [0.1, 0.15) is 5.78 Å². The van der Waals surface area contributed by atoms with Gasteiger partial charge in [-0.15, -0.1) is 0 Å². The summed E-state index contributed by atoms with van der Waals surface area (Å²) in [6.45, 7) is 3.47. The number of carbonyl (C=O) groups is 1. The minimum absolute atomic E-state index is 0.255. The van der Waals surface area contributed by atoms with Gasteiger partial charge in [0.05, 0.1) is 0 Å². The molecule has 82 valence electrons. The van der Waals surface area contributed by atoms with Crippen LogP contribution in [0, 0.1) is 0 Å². The lowest BCUT2D eigenvalue weighted by molar-refractivity contribution is -0.117. The van der Waals surface area contributed by atoms with Crippen LogP contribution in [-0.4, -0.2) is 35.8 Å². The predicted molar refractivity (Wildman–Crippen MR) is 60.7 cm³/mol. The van der Waals surface area contributed by atoms with Crippen LogP contribution in [0.5, 0.6) is 0 Å². The number of aromatic nitrogens is 1. The summed E-state index contributed by atoms with van der Waals surface area (Å²) >= 11 is 0. The van der Waals surface area contributed by atoms with Gasteiger partial charge in [-0.3, -0.25) is 9.78 Å². The van der Waals surface area contributed by atoms with Crippen molar-refractivity contribution in [3.8, 4) is 0 Å². The fourth-order valence-electron chi connectivity index (χ4n) is 1.33. The second-order valence-electron chi connectivity index (χ2n) is 3.86. The topological polar surface area (TPSA) is 33.2 Å². The number of ketones is 1. The Morgan fingerprint density at radius 3 is 2.60 bits per heavy atom. The molecular weight excluding hydrogens is 188 g/mol. The maximum atomic E-state index is 10.8. The average Bonchev–Trinajstić information content (AvgIpc) is 2.25. The van der Waals surface area contributed by atoms with Crippen LogP contribution in [0.4, 0.5) is 0 Å². The molecule has 15 heavy (non-hydrogen) atoms. The van der Waals surface area contributed by atoms with Gasteiger partial charge in [-0.05, 0) is 38.1 Å². The molecule has 0 unspecified atom stereocenters. The summed E-state index contributed by atoms with van der Waals surface area (Å²) in [5.74, 6) is 0.255. The number of hydrogen-bond acceptors (Lipinski definition) is 3. The highest BCUT2D eigenvalue weighted by Crippen LogP contribution is 1.99. The molecule has 0 saturated heterocycles. The summed E-state index contributed by atoms with van der Waals surface area (Å²) in [4.78, 5) is 16.9. The molecule has 0 spiro atoms. The van der Waals surface area contributed by atoms with Crippen LogP contribution in [0.15, 0.2) is 24.5 Å². The first-order chi connectivity index (χ1) is 7.18. The van der Waals surface area contributed by atoms with Crippen LogP contribution in [0.1, 0.15) is 18.9 Å². The van der Waals surface area contributed by atoms with Crippen LogP contribution in [0.2, 0.25) is 0 Å². The highest BCUT2D eigenvalue weighted by atomic mass is 16.1. The predicted octanol–water partition coefficient (Wildman–Crippen LogP) is 1.54. The second-order valence-corrected chi connectivity index (χ2v) is 3.86. The van der Waals surface area contributed by atoms with Gasteiger partial charge in [0.2, 0.25) is 0 Å². The van der Waals surface area contributed by atoms with Gasteiger partial charge in [-0.1, -0.05) is 0 Å². The van der Waals surface area contributed by atoms with Gasteiger partial charge in [0, 0.05) is 31.9 Å². The van der Waals surface area contributed by atoms with E-state index in [2.05, 4.69) is 9.88 Å². The molecule has 0 bridgehead atoms. The Kier molecular flexibility index (Phi) is 4.98. The van der Waals surface area contributed by atoms with Crippen LogP contribution < -0.4 is 0 Å². The Morgan fingerprint density at radius 1 is 1.33 bits per heavy atom. The van der Waals surface area contributed by atoms with Gasteiger partial charge in [-0.25, -0.2) is 0 Å².